The summed E-state index contributed by atoms with van der Waals surface area (Å²) in [7, 11) is 0. The van der Waals surface area contributed by atoms with Gasteiger partial charge in [0.1, 0.15) is 11.4 Å². The van der Waals surface area contributed by atoms with Gasteiger partial charge in [0.15, 0.2) is 0 Å². The van der Waals surface area contributed by atoms with Crippen molar-refractivity contribution in [1.29, 1.82) is 0 Å². The normalized spacial score (nSPS) is 13.4. The molecule has 4 aromatic rings. The van der Waals surface area contributed by atoms with Crippen LogP contribution in [-0.2, 0) is 24.2 Å². The van der Waals surface area contributed by atoms with E-state index in [0.29, 0.717) is 11.9 Å². The Hall–Kier alpha value is -2.77. The van der Waals surface area contributed by atoms with Gasteiger partial charge in [-0.2, -0.15) is 0 Å². The van der Waals surface area contributed by atoms with Crippen molar-refractivity contribution in [3.05, 3.63) is 80.1 Å². The monoisotopic (exact) mass is 507 g/mol. The molecule has 2 aromatic carbocycles. The smallest absolute Gasteiger partial charge is 0.263 e. The van der Waals surface area contributed by atoms with Crippen LogP contribution in [0.3, 0.4) is 0 Å². The number of benzene rings is 2. The van der Waals surface area contributed by atoms with E-state index in [9.17, 15) is 9.59 Å². The molecule has 0 unspecified atom stereocenters. The van der Waals surface area contributed by atoms with Crippen molar-refractivity contribution in [2.24, 2.45) is 0 Å². The first kappa shape index (κ1) is 21.1. The molecule has 162 valence electrons. The molecule has 1 aliphatic heterocycles. The predicted octanol–water partition coefficient (Wildman–Crippen LogP) is 5.43. The van der Waals surface area contributed by atoms with Crippen LogP contribution in [0.15, 0.2) is 64.1 Å². The quantitative estimate of drug-likeness (QED) is 0.370. The minimum absolute atomic E-state index is 0.0206. The van der Waals surface area contributed by atoms with E-state index in [4.69, 9.17) is 0 Å². The topological polar surface area (TPSA) is 55.2 Å². The number of thiophene rings is 1. The number of para-hydroxylation sites is 1. The van der Waals surface area contributed by atoms with Crippen LogP contribution in [0, 0.1) is 0 Å². The van der Waals surface area contributed by atoms with Crippen molar-refractivity contribution in [2.45, 2.75) is 32.7 Å². The maximum absolute atomic E-state index is 13.5. The molecule has 5 rings (SSSR count). The highest BCUT2D eigenvalue weighted by Gasteiger charge is 2.24. The molecule has 0 fully saturated rings. The molecule has 0 aliphatic carbocycles. The van der Waals surface area contributed by atoms with Crippen molar-refractivity contribution in [1.82, 2.24) is 9.55 Å². The van der Waals surface area contributed by atoms with E-state index in [1.807, 2.05) is 42.5 Å². The third-order valence-electron chi connectivity index (χ3n) is 5.92. The second-order valence-corrected chi connectivity index (χ2v) is 9.90. The van der Waals surface area contributed by atoms with Gasteiger partial charge in [-0.1, -0.05) is 53.2 Å². The third kappa shape index (κ3) is 3.69. The first-order valence-corrected chi connectivity index (χ1v) is 12.3. The van der Waals surface area contributed by atoms with E-state index in [1.165, 1.54) is 16.5 Å². The number of rotatable bonds is 4. The zero-order chi connectivity index (χ0) is 22.2. The summed E-state index contributed by atoms with van der Waals surface area (Å²) >= 11 is 5.03. The van der Waals surface area contributed by atoms with Crippen molar-refractivity contribution in [2.75, 3.05) is 11.4 Å². The largest absolute Gasteiger partial charge is 0.311 e. The molecular formula is C25H22BrN3O2S. The number of aryl methyl sites for hydroxylation is 2. The van der Waals surface area contributed by atoms with E-state index < -0.39 is 0 Å². The number of hydrogen-bond donors (Lipinski definition) is 0. The van der Waals surface area contributed by atoms with Gasteiger partial charge < -0.3 is 4.90 Å². The van der Waals surface area contributed by atoms with Gasteiger partial charge in [-0.05, 0) is 48.6 Å². The second-order valence-electron chi connectivity index (χ2n) is 7.90. The summed E-state index contributed by atoms with van der Waals surface area (Å²) in [4.78, 5) is 34.9. The molecule has 0 atom stereocenters. The van der Waals surface area contributed by atoms with E-state index in [-0.39, 0.29) is 18.0 Å². The van der Waals surface area contributed by atoms with Crippen LogP contribution in [0.5, 0.6) is 0 Å². The van der Waals surface area contributed by atoms with E-state index in [0.717, 1.165) is 50.3 Å². The van der Waals surface area contributed by atoms with Crippen LogP contribution < -0.4 is 10.5 Å². The van der Waals surface area contributed by atoms with Gasteiger partial charge in [-0.15, -0.1) is 11.3 Å². The Kier molecular flexibility index (Phi) is 5.69. The fourth-order valence-corrected chi connectivity index (χ4v) is 5.74. The number of halogens is 1. The number of amides is 1. The average Bonchev–Trinajstić information content (AvgIpc) is 3.20. The van der Waals surface area contributed by atoms with Crippen molar-refractivity contribution >= 4 is 49.1 Å². The highest BCUT2D eigenvalue weighted by atomic mass is 79.9. The van der Waals surface area contributed by atoms with Crippen molar-refractivity contribution in [3.8, 4) is 11.1 Å². The minimum atomic E-state index is -0.164. The molecule has 0 bridgehead atoms. The maximum Gasteiger partial charge on any atom is 0.263 e. The first-order valence-electron chi connectivity index (χ1n) is 10.7. The number of nitrogens with zero attached hydrogens (tertiary/aromatic N) is 3. The zero-order valence-corrected chi connectivity index (χ0v) is 20.1. The number of aromatic nitrogens is 2. The summed E-state index contributed by atoms with van der Waals surface area (Å²) < 4.78 is 2.44. The number of anilines is 1. The average molecular weight is 508 g/mol. The molecule has 0 saturated carbocycles. The summed E-state index contributed by atoms with van der Waals surface area (Å²) in [5, 5.41) is 0.600. The number of fused-ring (bicyclic) bond motifs is 2. The van der Waals surface area contributed by atoms with Crippen LogP contribution in [0.25, 0.3) is 21.3 Å². The van der Waals surface area contributed by atoms with Crippen LogP contribution >= 0.6 is 27.3 Å². The molecule has 0 N–H and O–H groups in total. The minimum Gasteiger partial charge on any atom is -0.311 e. The van der Waals surface area contributed by atoms with Gasteiger partial charge in [-0.3, -0.25) is 14.2 Å². The van der Waals surface area contributed by atoms with Gasteiger partial charge in [0.05, 0.1) is 11.7 Å². The second kappa shape index (κ2) is 8.64. The highest BCUT2D eigenvalue weighted by molar-refractivity contribution is 9.10. The van der Waals surface area contributed by atoms with Crippen LogP contribution in [0.4, 0.5) is 5.69 Å². The fourth-order valence-electron chi connectivity index (χ4n) is 4.38. The number of carbonyl (C=O) groups excluding carboxylic acids is 1. The SMILES string of the molecule is CCc1sc2ncn(CC(=O)N3CCCc4ccccc43)c(=O)c2c1-c1ccc(Br)cc1. The zero-order valence-electron chi connectivity index (χ0n) is 17.7. The van der Waals surface area contributed by atoms with Gasteiger partial charge in [0.25, 0.3) is 5.56 Å². The fraction of sp³-hybridized carbons (Fsp3) is 0.240. The standard InChI is InChI=1S/C25H22BrN3O2S/c1-2-20-22(17-9-11-18(26)12-10-17)23-24(32-20)27-15-28(25(23)31)14-21(30)29-13-5-7-16-6-3-4-8-19(16)29/h3-4,6,8-12,15H,2,5,7,13-14H2,1H3. The summed E-state index contributed by atoms with van der Waals surface area (Å²) in [6.07, 6.45) is 4.22. The Morgan fingerprint density at radius 1 is 1.16 bits per heavy atom. The van der Waals surface area contributed by atoms with Gasteiger partial charge in [-0.25, -0.2) is 4.98 Å². The van der Waals surface area contributed by atoms with Gasteiger partial charge in [0, 0.05) is 27.1 Å². The van der Waals surface area contributed by atoms with E-state index in [1.54, 1.807) is 16.2 Å². The molecule has 2 aromatic heterocycles. The Bertz CT molecular complexity index is 1370. The molecule has 32 heavy (non-hydrogen) atoms. The first-order chi connectivity index (χ1) is 15.6. The molecule has 3 heterocycles. The van der Waals surface area contributed by atoms with Crippen LogP contribution in [0.2, 0.25) is 0 Å². The highest BCUT2D eigenvalue weighted by Crippen LogP contribution is 2.37. The Labute approximate surface area is 198 Å². The summed E-state index contributed by atoms with van der Waals surface area (Å²) in [6.45, 7) is 2.74. The lowest BCUT2D eigenvalue weighted by atomic mass is 10.0. The molecular weight excluding hydrogens is 486 g/mol. The van der Waals surface area contributed by atoms with Crippen LogP contribution in [-0.4, -0.2) is 22.0 Å². The predicted molar refractivity (Wildman–Crippen MR) is 134 cm³/mol. The van der Waals surface area contributed by atoms with E-state index >= 15 is 0 Å². The van der Waals surface area contributed by atoms with Crippen LogP contribution in [0.1, 0.15) is 23.8 Å². The van der Waals surface area contributed by atoms with Gasteiger partial charge in [0.2, 0.25) is 5.91 Å². The lowest BCUT2D eigenvalue weighted by molar-refractivity contribution is -0.119. The number of carbonyl (C=O) groups is 1. The summed E-state index contributed by atoms with van der Waals surface area (Å²) in [5.74, 6) is -0.0865. The molecule has 7 heteroatoms. The lowest BCUT2D eigenvalue weighted by Gasteiger charge is -2.29. The van der Waals surface area contributed by atoms with Crippen molar-refractivity contribution < 1.29 is 4.79 Å². The van der Waals surface area contributed by atoms with E-state index in [2.05, 4.69) is 33.9 Å². The molecule has 5 nitrogen and oxygen atoms in total. The molecule has 0 radical (unpaired) electrons. The summed E-state index contributed by atoms with van der Waals surface area (Å²) in [5.41, 5.74) is 3.88. The number of hydrogen-bond acceptors (Lipinski definition) is 4. The van der Waals surface area contributed by atoms with Crippen molar-refractivity contribution in [3.63, 3.8) is 0 Å². The van der Waals surface area contributed by atoms with Gasteiger partial charge >= 0.3 is 0 Å². The maximum atomic E-state index is 13.5. The molecule has 1 amide bonds. The Morgan fingerprint density at radius 2 is 1.94 bits per heavy atom. The lowest BCUT2D eigenvalue weighted by Crippen LogP contribution is -2.39. The third-order valence-corrected chi connectivity index (χ3v) is 7.69. The summed E-state index contributed by atoms with van der Waals surface area (Å²) in [6, 6.07) is 16.0. The Balaban J connectivity index is 1.56. The molecule has 0 spiro atoms. The molecule has 1 aliphatic rings. The molecule has 0 saturated heterocycles. The Morgan fingerprint density at radius 3 is 2.72 bits per heavy atom.